The minimum atomic E-state index is -0.00199. The number of anilines is 2. The van der Waals surface area contributed by atoms with E-state index in [1.165, 1.54) is 11.3 Å². The maximum atomic E-state index is 12.9. The van der Waals surface area contributed by atoms with Crippen LogP contribution in [0.4, 0.5) is 11.4 Å². The Morgan fingerprint density at radius 1 is 1.08 bits per heavy atom. The van der Waals surface area contributed by atoms with Crippen LogP contribution in [0.1, 0.15) is 0 Å². The zero-order valence-electron chi connectivity index (χ0n) is 12.9. The molecule has 0 aliphatic heterocycles. The third kappa shape index (κ3) is 2.49. The van der Waals surface area contributed by atoms with Crippen molar-refractivity contribution in [3.8, 4) is 5.75 Å². The van der Waals surface area contributed by atoms with E-state index in [9.17, 15) is 4.79 Å². The SMILES string of the molecule is COc1cccc(Nc2cccc3sc4ncccc4c(=O)c23)c1. The van der Waals surface area contributed by atoms with Crippen molar-refractivity contribution in [2.24, 2.45) is 0 Å². The van der Waals surface area contributed by atoms with Gasteiger partial charge in [0.1, 0.15) is 10.6 Å². The molecule has 4 nitrogen and oxygen atoms in total. The molecule has 0 aliphatic rings. The van der Waals surface area contributed by atoms with Crippen LogP contribution < -0.4 is 15.5 Å². The molecule has 2 aromatic carbocycles. The maximum Gasteiger partial charge on any atom is 0.199 e. The lowest BCUT2D eigenvalue weighted by Gasteiger charge is -2.11. The molecule has 5 heteroatoms. The number of aromatic nitrogens is 1. The Morgan fingerprint density at radius 3 is 2.83 bits per heavy atom. The van der Waals surface area contributed by atoms with Crippen molar-refractivity contribution in [1.29, 1.82) is 0 Å². The fourth-order valence-corrected chi connectivity index (χ4v) is 3.74. The number of benzene rings is 2. The van der Waals surface area contributed by atoms with E-state index in [0.29, 0.717) is 10.8 Å². The first-order valence-corrected chi connectivity index (χ1v) is 8.29. The van der Waals surface area contributed by atoms with E-state index in [-0.39, 0.29) is 5.43 Å². The molecule has 0 fully saturated rings. The van der Waals surface area contributed by atoms with Gasteiger partial charge in [0.05, 0.1) is 23.6 Å². The fourth-order valence-electron chi connectivity index (χ4n) is 2.69. The summed E-state index contributed by atoms with van der Waals surface area (Å²) in [6, 6.07) is 17.1. The van der Waals surface area contributed by atoms with Crippen molar-refractivity contribution in [3.05, 3.63) is 71.0 Å². The van der Waals surface area contributed by atoms with Crippen molar-refractivity contribution in [1.82, 2.24) is 4.98 Å². The molecule has 0 bridgehead atoms. The first-order valence-electron chi connectivity index (χ1n) is 7.48. The zero-order chi connectivity index (χ0) is 16.5. The molecule has 2 heterocycles. The maximum absolute atomic E-state index is 12.9. The van der Waals surface area contributed by atoms with Gasteiger partial charge in [-0.25, -0.2) is 4.98 Å². The molecule has 1 N–H and O–H groups in total. The number of hydrogen-bond donors (Lipinski definition) is 1. The monoisotopic (exact) mass is 334 g/mol. The number of nitrogens with one attached hydrogen (secondary N) is 1. The fraction of sp³-hybridized carbons (Fsp3) is 0.0526. The highest BCUT2D eigenvalue weighted by atomic mass is 32.1. The first kappa shape index (κ1) is 14.7. The standard InChI is InChI=1S/C19H14N2O2S/c1-23-13-6-2-5-12(11-13)21-15-8-3-9-16-17(15)18(22)14-7-4-10-20-19(14)24-16/h2-11,21H,1H3. The largest absolute Gasteiger partial charge is 0.497 e. The summed E-state index contributed by atoms with van der Waals surface area (Å²) in [6.07, 6.45) is 1.71. The van der Waals surface area contributed by atoms with Crippen molar-refractivity contribution >= 4 is 43.0 Å². The number of fused-ring (bicyclic) bond motifs is 2. The second-order valence-electron chi connectivity index (χ2n) is 5.32. The lowest BCUT2D eigenvalue weighted by atomic mass is 10.1. The molecule has 0 amide bonds. The Balaban J connectivity index is 1.92. The van der Waals surface area contributed by atoms with Crippen LogP contribution in [-0.2, 0) is 0 Å². The van der Waals surface area contributed by atoms with Crippen LogP contribution in [-0.4, -0.2) is 12.1 Å². The molecular weight excluding hydrogens is 320 g/mol. The third-order valence-electron chi connectivity index (χ3n) is 3.82. The predicted molar refractivity (Wildman–Crippen MR) is 99.7 cm³/mol. The van der Waals surface area contributed by atoms with Crippen LogP contribution in [0, 0.1) is 0 Å². The van der Waals surface area contributed by atoms with Gasteiger partial charge in [-0.2, -0.15) is 0 Å². The summed E-state index contributed by atoms with van der Waals surface area (Å²) >= 11 is 1.52. The normalized spacial score (nSPS) is 10.9. The second-order valence-corrected chi connectivity index (χ2v) is 6.35. The van der Waals surface area contributed by atoms with Gasteiger partial charge in [-0.1, -0.05) is 12.1 Å². The molecule has 0 spiro atoms. The van der Waals surface area contributed by atoms with Crippen LogP contribution in [0.25, 0.3) is 20.3 Å². The average Bonchev–Trinajstić information content (AvgIpc) is 2.62. The second kappa shape index (κ2) is 5.94. The summed E-state index contributed by atoms with van der Waals surface area (Å²) in [5, 5.41) is 4.67. The summed E-state index contributed by atoms with van der Waals surface area (Å²) in [5.41, 5.74) is 1.66. The van der Waals surface area contributed by atoms with E-state index < -0.39 is 0 Å². The molecule has 0 saturated carbocycles. The van der Waals surface area contributed by atoms with Gasteiger partial charge in [0.2, 0.25) is 0 Å². The van der Waals surface area contributed by atoms with Gasteiger partial charge in [-0.15, -0.1) is 11.3 Å². The van der Waals surface area contributed by atoms with Crippen LogP contribution in [0.2, 0.25) is 0 Å². The van der Waals surface area contributed by atoms with Crippen LogP contribution in [0.15, 0.2) is 65.6 Å². The summed E-state index contributed by atoms with van der Waals surface area (Å²) in [4.78, 5) is 18.0. The number of hydrogen-bond acceptors (Lipinski definition) is 5. The molecule has 118 valence electrons. The van der Waals surface area contributed by atoms with Crippen LogP contribution >= 0.6 is 11.3 Å². The van der Waals surface area contributed by atoms with Crippen molar-refractivity contribution < 1.29 is 4.74 Å². The Morgan fingerprint density at radius 2 is 1.96 bits per heavy atom. The van der Waals surface area contributed by atoms with Gasteiger partial charge in [0.25, 0.3) is 0 Å². The quantitative estimate of drug-likeness (QED) is 0.558. The first-order chi connectivity index (χ1) is 11.8. The highest BCUT2D eigenvalue weighted by molar-refractivity contribution is 7.24. The van der Waals surface area contributed by atoms with Gasteiger partial charge in [0.15, 0.2) is 5.43 Å². The molecule has 0 radical (unpaired) electrons. The minimum Gasteiger partial charge on any atom is -0.497 e. The molecule has 0 atom stereocenters. The molecule has 0 saturated heterocycles. The minimum absolute atomic E-state index is 0.00199. The molecule has 2 aromatic heterocycles. The van der Waals surface area contributed by atoms with Gasteiger partial charge in [-0.3, -0.25) is 4.79 Å². The van der Waals surface area contributed by atoms with Crippen molar-refractivity contribution in [2.45, 2.75) is 0 Å². The molecular formula is C19H14N2O2S. The molecule has 0 unspecified atom stereocenters. The highest BCUT2D eigenvalue weighted by Gasteiger charge is 2.10. The number of methoxy groups -OCH3 is 1. The Kier molecular flexibility index (Phi) is 3.63. The smallest absolute Gasteiger partial charge is 0.199 e. The van der Waals surface area contributed by atoms with Gasteiger partial charge in [-0.05, 0) is 36.4 Å². The summed E-state index contributed by atoms with van der Waals surface area (Å²) in [5.74, 6) is 0.764. The zero-order valence-corrected chi connectivity index (χ0v) is 13.8. The predicted octanol–water partition coefficient (Wildman–Crippen LogP) is 4.56. The van der Waals surface area contributed by atoms with Crippen molar-refractivity contribution in [3.63, 3.8) is 0 Å². The van der Waals surface area contributed by atoms with Crippen molar-refractivity contribution in [2.75, 3.05) is 12.4 Å². The lowest BCUT2D eigenvalue weighted by Crippen LogP contribution is -2.04. The van der Waals surface area contributed by atoms with Gasteiger partial charge >= 0.3 is 0 Å². The summed E-state index contributed by atoms with van der Waals surface area (Å²) in [6.45, 7) is 0. The highest BCUT2D eigenvalue weighted by Crippen LogP contribution is 2.30. The van der Waals surface area contributed by atoms with Gasteiger partial charge < -0.3 is 10.1 Å². The number of pyridine rings is 1. The van der Waals surface area contributed by atoms with E-state index in [1.807, 2.05) is 48.5 Å². The van der Waals surface area contributed by atoms with Gasteiger partial charge in [0, 0.05) is 22.7 Å². The summed E-state index contributed by atoms with van der Waals surface area (Å²) in [7, 11) is 1.63. The Labute approximate surface area is 142 Å². The van der Waals surface area contributed by atoms with E-state index in [4.69, 9.17) is 4.74 Å². The van der Waals surface area contributed by atoms with Crippen LogP contribution in [0.3, 0.4) is 0 Å². The molecule has 4 aromatic rings. The Bertz CT molecular complexity index is 1110. The Hall–Kier alpha value is -2.92. The van der Waals surface area contributed by atoms with E-state index in [2.05, 4.69) is 10.3 Å². The number of rotatable bonds is 3. The third-order valence-corrected chi connectivity index (χ3v) is 4.90. The van der Waals surface area contributed by atoms with Crippen LogP contribution in [0.5, 0.6) is 5.75 Å². The topological polar surface area (TPSA) is 51.2 Å². The molecule has 24 heavy (non-hydrogen) atoms. The summed E-state index contributed by atoms with van der Waals surface area (Å²) < 4.78 is 6.17. The van der Waals surface area contributed by atoms with E-state index in [0.717, 1.165) is 26.7 Å². The molecule has 0 aliphatic carbocycles. The van der Waals surface area contributed by atoms with E-state index >= 15 is 0 Å². The number of nitrogens with zero attached hydrogens (tertiary/aromatic N) is 1. The average molecular weight is 334 g/mol. The molecule has 4 rings (SSSR count). The number of ether oxygens (including phenoxy) is 1. The lowest BCUT2D eigenvalue weighted by molar-refractivity contribution is 0.415. The van der Waals surface area contributed by atoms with E-state index in [1.54, 1.807) is 19.4 Å².